The Kier molecular flexibility index (Phi) is 3.94. The van der Waals surface area contributed by atoms with Crippen molar-refractivity contribution in [1.82, 2.24) is 5.32 Å². The molecule has 0 amide bonds. The predicted octanol–water partition coefficient (Wildman–Crippen LogP) is 3.77. The Bertz CT molecular complexity index is 474. The maximum absolute atomic E-state index is 3.40. The molecule has 1 nitrogen and oxygen atoms in total. The highest BCUT2D eigenvalue weighted by molar-refractivity contribution is 5.70. The van der Waals surface area contributed by atoms with Crippen LogP contribution in [0.25, 0.3) is 11.1 Å². The van der Waals surface area contributed by atoms with Crippen molar-refractivity contribution in [3.05, 3.63) is 59.7 Å². The van der Waals surface area contributed by atoms with Crippen molar-refractivity contribution in [2.24, 2.45) is 0 Å². The Morgan fingerprint density at radius 2 is 1.71 bits per heavy atom. The van der Waals surface area contributed by atoms with Crippen LogP contribution in [0.15, 0.2) is 48.5 Å². The SMILES string of the molecule is CCNCc1cccc(C)c1-c1ccccc1. The van der Waals surface area contributed by atoms with E-state index in [4.69, 9.17) is 0 Å². The summed E-state index contributed by atoms with van der Waals surface area (Å²) < 4.78 is 0. The third-order valence-corrected chi connectivity index (χ3v) is 2.99. The predicted molar refractivity (Wildman–Crippen MR) is 74.0 cm³/mol. The van der Waals surface area contributed by atoms with Gasteiger partial charge in [-0.25, -0.2) is 0 Å². The lowest BCUT2D eigenvalue weighted by atomic mass is 9.95. The van der Waals surface area contributed by atoms with E-state index in [0.29, 0.717) is 0 Å². The first-order valence-electron chi connectivity index (χ1n) is 6.17. The second-order valence-corrected chi connectivity index (χ2v) is 4.26. The quantitative estimate of drug-likeness (QED) is 0.835. The Morgan fingerprint density at radius 3 is 2.41 bits per heavy atom. The summed E-state index contributed by atoms with van der Waals surface area (Å²) in [6.07, 6.45) is 0. The third kappa shape index (κ3) is 2.75. The third-order valence-electron chi connectivity index (χ3n) is 2.99. The number of hydrogen-bond donors (Lipinski definition) is 1. The average Bonchev–Trinajstić information content (AvgIpc) is 2.37. The molecule has 0 aromatic heterocycles. The van der Waals surface area contributed by atoms with Gasteiger partial charge in [0.15, 0.2) is 0 Å². The van der Waals surface area contributed by atoms with Crippen molar-refractivity contribution in [3.8, 4) is 11.1 Å². The van der Waals surface area contributed by atoms with Crippen LogP contribution in [0.5, 0.6) is 0 Å². The van der Waals surface area contributed by atoms with Crippen LogP contribution in [0.3, 0.4) is 0 Å². The van der Waals surface area contributed by atoms with Crippen LogP contribution >= 0.6 is 0 Å². The molecule has 88 valence electrons. The monoisotopic (exact) mass is 225 g/mol. The van der Waals surface area contributed by atoms with Crippen molar-refractivity contribution in [1.29, 1.82) is 0 Å². The van der Waals surface area contributed by atoms with Gasteiger partial charge >= 0.3 is 0 Å². The van der Waals surface area contributed by atoms with Crippen LogP contribution < -0.4 is 5.32 Å². The van der Waals surface area contributed by atoms with Crippen molar-refractivity contribution in [2.75, 3.05) is 6.54 Å². The van der Waals surface area contributed by atoms with E-state index in [-0.39, 0.29) is 0 Å². The molecular weight excluding hydrogens is 206 g/mol. The van der Waals surface area contributed by atoms with Crippen molar-refractivity contribution in [2.45, 2.75) is 20.4 Å². The highest BCUT2D eigenvalue weighted by Gasteiger charge is 2.06. The molecule has 0 saturated heterocycles. The lowest BCUT2D eigenvalue weighted by molar-refractivity contribution is 0.727. The van der Waals surface area contributed by atoms with E-state index in [9.17, 15) is 0 Å². The Hall–Kier alpha value is -1.60. The number of rotatable bonds is 4. The molecule has 0 unspecified atom stereocenters. The summed E-state index contributed by atoms with van der Waals surface area (Å²) in [6, 6.07) is 17.1. The normalized spacial score (nSPS) is 10.5. The van der Waals surface area contributed by atoms with E-state index < -0.39 is 0 Å². The van der Waals surface area contributed by atoms with Crippen molar-refractivity contribution in [3.63, 3.8) is 0 Å². The summed E-state index contributed by atoms with van der Waals surface area (Å²) in [5.41, 5.74) is 5.39. The van der Waals surface area contributed by atoms with Gasteiger partial charge in [-0.05, 0) is 35.7 Å². The van der Waals surface area contributed by atoms with Gasteiger partial charge < -0.3 is 5.32 Å². The lowest BCUT2D eigenvalue weighted by Crippen LogP contribution is -2.12. The number of hydrogen-bond acceptors (Lipinski definition) is 1. The molecule has 2 aromatic rings. The zero-order valence-corrected chi connectivity index (χ0v) is 10.5. The molecule has 0 atom stereocenters. The Labute approximate surface area is 103 Å². The Morgan fingerprint density at radius 1 is 0.941 bits per heavy atom. The second-order valence-electron chi connectivity index (χ2n) is 4.26. The van der Waals surface area contributed by atoms with E-state index in [0.717, 1.165) is 13.1 Å². The van der Waals surface area contributed by atoms with E-state index in [1.165, 1.54) is 22.3 Å². The highest BCUT2D eigenvalue weighted by Crippen LogP contribution is 2.27. The fourth-order valence-electron chi connectivity index (χ4n) is 2.15. The zero-order valence-electron chi connectivity index (χ0n) is 10.5. The summed E-state index contributed by atoms with van der Waals surface area (Å²) in [7, 11) is 0. The first-order chi connectivity index (χ1) is 8.33. The van der Waals surface area contributed by atoms with E-state index in [2.05, 4.69) is 67.7 Å². The lowest BCUT2D eigenvalue weighted by Gasteiger charge is -2.13. The maximum atomic E-state index is 3.40. The molecule has 17 heavy (non-hydrogen) atoms. The van der Waals surface area contributed by atoms with Gasteiger partial charge in [0.05, 0.1) is 0 Å². The second kappa shape index (κ2) is 5.65. The van der Waals surface area contributed by atoms with Crippen LogP contribution in [-0.2, 0) is 6.54 Å². The van der Waals surface area contributed by atoms with E-state index in [1.807, 2.05) is 0 Å². The summed E-state index contributed by atoms with van der Waals surface area (Å²) in [4.78, 5) is 0. The van der Waals surface area contributed by atoms with Crippen LogP contribution in [0.4, 0.5) is 0 Å². The van der Waals surface area contributed by atoms with Crippen LogP contribution in [0.2, 0.25) is 0 Å². The molecule has 0 aliphatic rings. The van der Waals surface area contributed by atoms with Gasteiger partial charge in [-0.1, -0.05) is 55.5 Å². The van der Waals surface area contributed by atoms with Gasteiger partial charge in [0.25, 0.3) is 0 Å². The van der Waals surface area contributed by atoms with Crippen LogP contribution in [-0.4, -0.2) is 6.54 Å². The van der Waals surface area contributed by atoms with E-state index >= 15 is 0 Å². The molecule has 0 spiro atoms. The van der Waals surface area contributed by atoms with Crippen molar-refractivity contribution >= 4 is 0 Å². The molecule has 1 heteroatoms. The first-order valence-corrected chi connectivity index (χ1v) is 6.17. The summed E-state index contributed by atoms with van der Waals surface area (Å²) in [6.45, 7) is 6.25. The molecule has 0 aliphatic heterocycles. The van der Waals surface area contributed by atoms with Crippen molar-refractivity contribution < 1.29 is 0 Å². The maximum Gasteiger partial charge on any atom is 0.0211 e. The molecule has 2 aromatic carbocycles. The molecule has 0 heterocycles. The molecule has 0 aliphatic carbocycles. The summed E-state index contributed by atoms with van der Waals surface area (Å²) in [5.74, 6) is 0. The topological polar surface area (TPSA) is 12.0 Å². The number of benzene rings is 2. The minimum atomic E-state index is 0.933. The molecule has 0 fully saturated rings. The van der Waals surface area contributed by atoms with Gasteiger partial charge in [-0.3, -0.25) is 0 Å². The minimum Gasteiger partial charge on any atom is -0.313 e. The molecule has 1 N–H and O–H groups in total. The molecule has 0 saturated carbocycles. The first kappa shape index (κ1) is 11.9. The molecular formula is C16H19N. The summed E-state index contributed by atoms with van der Waals surface area (Å²) in [5, 5.41) is 3.40. The standard InChI is InChI=1S/C16H19N/c1-3-17-12-15-11-7-8-13(2)16(15)14-9-5-4-6-10-14/h4-11,17H,3,12H2,1-2H3. The van der Waals surface area contributed by atoms with E-state index in [1.54, 1.807) is 0 Å². The van der Waals surface area contributed by atoms with Gasteiger partial charge in [-0.2, -0.15) is 0 Å². The fourth-order valence-corrected chi connectivity index (χ4v) is 2.15. The molecule has 0 bridgehead atoms. The zero-order chi connectivity index (χ0) is 12.1. The minimum absolute atomic E-state index is 0.933. The van der Waals surface area contributed by atoms with Gasteiger partial charge in [0, 0.05) is 6.54 Å². The molecule has 2 rings (SSSR count). The Balaban J connectivity index is 2.44. The number of nitrogens with one attached hydrogen (secondary N) is 1. The average molecular weight is 225 g/mol. The summed E-state index contributed by atoms with van der Waals surface area (Å²) >= 11 is 0. The van der Waals surface area contributed by atoms with Crippen LogP contribution in [0.1, 0.15) is 18.1 Å². The smallest absolute Gasteiger partial charge is 0.0211 e. The fraction of sp³-hybridized carbons (Fsp3) is 0.250. The van der Waals surface area contributed by atoms with Gasteiger partial charge in [0.2, 0.25) is 0 Å². The molecule has 0 radical (unpaired) electrons. The van der Waals surface area contributed by atoms with Gasteiger partial charge in [0.1, 0.15) is 0 Å². The highest BCUT2D eigenvalue weighted by atomic mass is 14.8. The number of aryl methyl sites for hydroxylation is 1. The largest absolute Gasteiger partial charge is 0.313 e. The van der Waals surface area contributed by atoms with Gasteiger partial charge in [-0.15, -0.1) is 0 Å². The van der Waals surface area contributed by atoms with Crippen LogP contribution in [0, 0.1) is 6.92 Å².